The summed E-state index contributed by atoms with van der Waals surface area (Å²) in [4.78, 5) is 25.4. The van der Waals surface area contributed by atoms with Crippen molar-refractivity contribution in [1.29, 1.82) is 0 Å². The number of anilines is 1. The van der Waals surface area contributed by atoms with Crippen molar-refractivity contribution in [1.82, 2.24) is 24.3 Å². The predicted molar refractivity (Wildman–Crippen MR) is 142 cm³/mol. The molecule has 2 N–H and O–H groups in total. The minimum absolute atomic E-state index is 0.124. The first-order chi connectivity index (χ1) is 18.1. The Balaban J connectivity index is 1.71. The SMILES string of the molecule is C[C@@H]1CN([C@@H](C)CO)C(=O)c2cccc(NS(=O)(=O)c3cn(C)cn3)c2O[C@H]1CN(C)Cc1ccncc1. The third-order valence-electron chi connectivity index (χ3n) is 6.59. The summed E-state index contributed by atoms with van der Waals surface area (Å²) in [7, 11) is -0.382. The van der Waals surface area contributed by atoms with Crippen LogP contribution in [0.15, 0.2) is 60.3 Å². The molecule has 1 aromatic carbocycles. The summed E-state index contributed by atoms with van der Waals surface area (Å²) in [6, 6.07) is 8.25. The molecule has 0 saturated heterocycles. The van der Waals surface area contributed by atoms with Gasteiger partial charge in [-0.05, 0) is 43.8 Å². The number of benzene rings is 1. The number of rotatable bonds is 9. The second kappa shape index (κ2) is 11.5. The fourth-order valence-electron chi connectivity index (χ4n) is 4.44. The first kappa shape index (κ1) is 27.6. The molecule has 1 amide bonds. The van der Waals surface area contributed by atoms with Crippen molar-refractivity contribution < 1.29 is 23.1 Å². The van der Waals surface area contributed by atoms with E-state index in [4.69, 9.17) is 4.74 Å². The predicted octanol–water partition coefficient (Wildman–Crippen LogP) is 1.97. The fraction of sp³-hybridized carbons (Fsp3) is 0.423. The standard InChI is InChI=1S/C26H34N6O5S/c1-18-12-32(19(2)16-33)26(34)21-6-5-7-22(29-38(35,36)24-15-31(4)17-28-24)25(21)37-23(18)14-30(3)13-20-8-10-27-11-9-20/h5-11,15,17-19,23,29,33H,12-14,16H2,1-4H3/t18-,19+,23+/m1/s1. The van der Waals surface area contributed by atoms with E-state index in [-0.39, 0.29) is 46.6 Å². The van der Waals surface area contributed by atoms with Crippen LogP contribution in [0, 0.1) is 5.92 Å². The average Bonchev–Trinajstić information content (AvgIpc) is 3.34. The number of carbonyl (C=O) groups excluding carboxylic acids is 1. The molecule has 1 aliphatic heterocycles. The van der Waals surface area contributed by atoms with Gasteiger partial charge in [0.1, 0.15) is 6.10 Å². The lowest BCUT2D eigenvalue weighted by Crippen LogP contribution is -2.49. The van der Waals surface area contributed by atoms with E-state index in [9.17, 15) is 18.3 Å². The highest BCUT2D eigenvalue weighted by Gasteiger charge is 2.35. The lowest BCUT2D eigenvalue weighted by molar-refractivity contribution is 0.0344. The van der Waals surface area contributed by atoms with Gasteiger partial charge >= 0.3 is 0 Å². The van der Waals surface area contributed by atoms with Crippen molar-refractivity contribution in [3.63, 3.8) is 0 Å². The monoisotopic (exact) mass is 542 g/mol. The molecule has 0 saturated carbocycles. The number of fused-ring (bicyclic) bond motifs is 1. The van der Waals surface area contributed by atoms with E-state index in [1.54, 1.807) is 49.5 Å². The highest BCUT2D eigenvalue weighted by atomic mass is 32.2. The summed E-state index contributed by atoms with van der Waals surface area (Å²) in [5.74, 6) is -0.307. The molecule has 11 nitrogen and oxygen atoms in total. The molecule has 12 heteroatoms. The van der Waals surface area contributed by atoms with Crippen LogP contribution in [-0.2, 0) is 23.6 Å². The number of amides is 1. The van der Waals surface area contributed by atoms with Gasteiger partial charge in [0.15, 0.2) is 10.8 Å². The van der Waals surface area contributed by atoms with E-state index in [0.717, 1.165) is 5.56 Å². The Morgan fingerprint density at radius 1 is 1.26 bits per heavy atom. The summed E-state index contributed by atoms with van der Waals surface area (Å²) in [6.45, 7) is 5.11. The van der Waals surface area contributed by atoms with Gasteiger partial charge in [0.2, 0.25) is 0 Å². The Kier molecular flexibility index (Phi) is 8.34. The minimum atomic E-state index is -4.04. The number of nitrogens with one attached hydrogen (secondary N) is 1. The van der Waals surface area contributed by atoms with Gasteiger partial charge in [0, 0.05) is 51.2 Å². The summed E-state index contributed by atoms with van der Waals surface area (Å²) in [5.41, 5.74) is 1.46. The number of pyridine rings is 1. The number of ether oxygens (including phenoxy) is 1. The zero-order valence-corrected chi connectivity index (χ0v) is 22.8. The Labute approximate surface area is 223 Å². The number of nitrogens with zero attached hydrogens (tertiary/aromatic N) is 5. The van der Waals surface area contributed by atoms with Crippen LogP contribution in [0.25, 0.3) is 0 Å². The number of hydrogen-bond acceptors (Lipinski definition) is 8. The molecule has 0 fully saturated rings. The third-order valence-corrected chi connectivity index (χ3v) is 7.84. The maximum absolute atomic E-state index is 13.6. The minimum Gasteiger partial charge on any atom is -0.486 e. The van der Waals surface area contributed by atoms with Crippen LogP contribution >= 0.6 is 0 Å². The van der Waals surface area contributed by atoms with E-state index >= 15 is 0 Å². The first-order valence-electron chi connectivity index (χ1n) is 12.4. The van der Waals surface area contributed by atoms with Gasteiger partial charge in [0.05, 0.1) is 30.2 Å². The molecule has 0 radical (unpaired) electrons. The Morgan fingerprint density at radius 2 is 2.00 bits per heavy atom. The molecule has 1 aliphatic rings. The van der Waals surface area contributed by atoms with Crippen LogP contribution < -0.4 is 9.46 Å². The smallest absolute Gasteiger partial charge is 0.281 e. The van der Waals surface area contributed by atoms with Crippen LogP contribution in [0.4, 0.5) is 5.69 Å². The van der Waals surface area contributed by atoms with E-state index in [2.05, 4.69) is 19.6 Å². The Bertz CT molecular complexity index is 1360. The lowest BCUT2D eigenvalue weighted by Gasteiger charge is -2.38. The van der Waals surface area contributed by atoms with Crippen LogP contribution in [0.1, 0.15) is 29.8 Å². The molecular formula is C26H34N6O5S. The van der Waals surface area contributed by atoms with Crippen LogP contribution in [0.2, 0.25) is 0 Å². The normalized spacial score (nSPS) is 18.9. The Morgan fingerprint density at radius 3 is 2.66 bits per heavy atom. The number of carbonyl (C=O) groups is 1. The topological polar surface area (TPSA) is 130 Å². The summed E-state index contributed by atoms with van der Waals surface area (Å²) in [5, 5.41) is 9.73. The summed E-state index contributed by atoms with van der Waals surface area (Å²) < 4.78 is 36.8. The van der Waals surface area contributed by atoms with E-state index < -0.39 is 16.1 Å². The number of aliphatic hydroxyl groups excluding tert-OH is 1. The molecule has 3 heterocycles. The van der Waals surface area contributed by atoms with Crippen LogP contribution in [-0.4, -0.2) is 82.7 Å². The van der Waals surface area contributed by atoms with Crippen LogP contribution in [0.3, 0.4) is 0 Å². The van der Waals surface area contributed by atoms with Crippen molar-refractivity contribution in [2.24, 2.45) is 13.0 Å². The molecule has 38 heavy (non-hydrogen) atoms. The van der Waals surface area contributed by atoms with Crippen molar-refractivity contribution in [2.45, 2.75) is 37.6 Å². The van der Waals surface area contributed by atoms with Crippen molar-refractivity contribution in [3.8, 4) is 5.75 Å². The molecule has 204 valence electrons. The average molecular weight is 543 g/mol. The van der Waals surface area contributed by atoms with Gasteiger partial charge in [-0.25, -0.2) is 4.98 Å². The second-order valence-electron chi connectivity index (χ2n) is 9.84. The second-order valence-corrected chi connectivity index (χ2v) is 11.5. The van der Waals surface area contributed by atoms with Crippen molar-refractivity contribution in [3.05, 3.63) is 66.4 Å². The maximum atomic E-state index is 13.6. The third kappa shape index (κ3) is 6.14. The number of imidazole rings is 1. The number of likely N-dealkylation sites (N-methyl/N-ethyl adjacent to an activating group) is 1. The summed E-state index contributed by atoms with van der Waals surface area (Å²) in [6.07, 6.45) is 5.89. The fourth-order valence-corrected chi connectivity index (χ4v) is 5.48. The molecule has 3 atom stereocenters. The molecular weight excluding hydrogens is 508 g/mol. The Hall–Kier alpha value is -3.48. The highest BCUT2D eigenvalue weighted by molar-refractivity contribution is 7.92. The molecule has 0 bridgehead atoms. The van der Waals surface area contributed by atoms with E-state index in [0.29, 0.717) is 19.6 Å². The molecule has 4 rings (SSSR count). The van der Waals surface area contributed by atoms with Gasteiger partial charge in [-0.3, -0.25) is 19.4 Å². The van der Waals surface area contributed by atoms with Gasteiger partial charge < -0.3 is 19.3 Å². The highest BCUT2D eigenvalue weighted by Crippen LogP contribution is 2.36. The van der Waals surface area contributed by atoms with Gasteiger partial charge in [-0.2, -0.15) is 8.42 Å². The number of aromatic nitrogens is 3. The number of sulfonamides is 1. The van der Waals surface area contributed by atoms with Crippen molar-refractivity contribution >= 4 is 21.6 Å². The zero-order valence-electron chi connectivity index (χ0n) is 22.0. The number of para-hydroxylation sites is 1. The first-order valence-corrected chi connectivity index (χ1v) is 13.9. The van der Waals surface area contributed by atoms with Crippen molar-refractivity contribution in [2.75, 3.05) is 31.5 Å². The quantitative estimate of drug-likeness (QED) is 0.420. The maximum Gasteiger partial charge on any atom is 0.281 e. The molecule has 2 aromatic heterocycles. The summed E-state index contributed by atoms with van der Waals surface area (Å²) >= 11 is 0. The van der Waals surface area contributed by atoms with Gasteiger partial charge in [-0.15, -0.1) is 0 Å². The van der Waals surface area contributed by atoms with Crippen LogP contribution in [0.5, 0.6) is 5.75 Å². The number of hydrogen-bond donors (Lipinski definition) is 2. The van der Waals surface area contributed by atoms with E-state index in [1.807, 2.05) is 26.1 Å². The lowest BCUT2D eigenvalue weighted by atomic mass is 9.99. The molecule has 0 spiro atoms. The van der Waals surface area contributed by atoms with Gasteiger partial charge in [0.25, 0.3) is 15.9 Å². The zero-order chi connectivity index (χ0) is 27.4. The molecule has 0 aliphatic carbocycles. The van der Waals surface area contributed by atoms with Gasteiger partial charge in [-0.1, -0.05) is 13.0 Å². The molecule has 3 aromatic rings. The molecule has 0 unspecified atom stereocenters. The largest absolute Gasteiger partial charge is 0.486 e. The van der Waals surface area contributed by atoms with E-state index in [1.165, 1.54) is 17.1 Å². The number of aliphatic hydroxyl groups is 1. The number of aryl methyl sites for hydroxylation is 1.